The van der Waals surface area contributed by atoms with E-state index in [1.807, 2.05) is 56.3 Å². The molecule has 6 heteroatoms. The predicted octanol–water partition coefficient (Wildman–Crippen LogP) is 2.69. The summed E-state index contributed by atoms with van der Waals surface area (Å²) in [4.78, 5) is 28.2. The molecule has 132 valence electrons. The van der Waals surface area contributed by atoms with Gasteiger partial charge in [-0.05, 0) is 49.2 Å². The number of aromatic nitrogens is 1. The van der Waals surface area contributed by atoms with Crippen molar-refractivity contribution in [1.82, 2.24) is 15.8 Å². The van der Waals surface area contributed by atoms with E-state index in [4.69, 9.17) is 4.74 Å². The number of nitrogens with one attached hydrogen (secondary N) is 2. The molecule has 1 heterocycles. The number of carbonyl (C=O) groups is 2. The lowest BCUT2D eigenvalue weighted by Crippen LogP contribution is -2.44. The van der Waals surface area contributed by atoms with Crippen LogP contribution in [-0.4, -0.2) is 23.4 Å². The highest BCUT2D eigenvalue weighted by atomic mass is 16.5. The third kappa shape index (κ3) is 4.16. The number of carbonyl (C=O) groups excluding carboxylic acids is 2. The second kappa shape index (κ2) is 7.65. The molecule has 0 saturated carbocycles. The van der Waals surface area contributed by atoms with Crippen LogP contribution in [0.4, 0.5) is 0 Å². The van der Waals surface area contributed by atoms with Gasteiger partial charge >= 0.3 is 0 Å². The number of amides is 2. The third-order valence-electron chi connectivity index (χ3n) is 3.99. The zero-order chi connectivity index (χ0) is 18.5. The van der Waals surface area contributed by atoms with Crippen LogP contribution in [0.15, 0.2) is 54.6 Å². The summed E-state index contributed by atoms with van der Waals surface area (Å²) in [5, 5.41) is 0.940. The summed E-state index contributed by atoms with van der Waals surface area (Å²) < 4.78 is 5.42. The van der Waals surface area contributed by atoms with E-state index in [2.05, 4.69) is 15.8 Å². The van der Waals surface area contributed by atoms with Crippen molar-refractivity contribution in [1.29, 1.82) is 0 Å². The highest BCUT2D eigenvalue weighted by molar-refractivity contribution is 5.95. The first-order chi connectivity index (χ1) is 12.5. The average molecular weight is 349 g/mol. The van der Waals surface area contributed by atoms with Crippen LogP contribution in [0.5, 0.6) is 5.75 Å². The maximum Gasteiger partial charge on any atom is 0.288 e. The van der Waals surface area contributed by atoms with E-state index in [-0.39, 0.29) is 12.3 Å². The SMILES string of the molecule is Cc1ccc(OCC(=O)NNC(=O)c2ccc3ccccc3n2)cc1C. The minimum absolute atomic E-state index is 0.200. The topological polar surface area (TPSA) is 80.3 Å². The van der Waals surface area contributed by atoms with Gasteiger partial charge in [-0.25, -0.2) is 4.98 Å². The first-order valence-electron chi connectivity index (χ1n) is 8.18. The molecule has 2 N–H and O–H groups in total. The van der Waals surface area contributed by atoms with E-state index < -0.39 is 11.8 Å². The number of pyridine rings is 1. The smallest absolute Gasteiger partial charge is 0.288 e. The largest absolute Gasteiger partial charge is 0.484 e. The van der Waals surface area contributed by atoms with Gasteiger partial charge in [0.05, 0.1) is 5.52 Å². The van der Waals surface area contributed by atoms with Gasteiger partial charge < -0.3 is 4.74 Å². The second-order valence-electron chi connectivity index (χ2n) is 5.93. The van der Waals surface area contributed by atoms with Crippen molar-refractivity contribution >= 4 is 22.7 Å². The lowest BCUT2D eigenvalue weighted by Gasteiger charge is -2.10. The molecule has 0 aliphatic rings. The molecule has 0 radical (unpaired) electrons. The summed E-state index contributed by atoms with van der Waals surface area (Å²) >= 11 is 0. The average Bonchev–Trinajstić information content (AvgIpc) is 2.66. The highest BCUT2D eigenvalue weighted by Gasteiger charge is 2.10. The van der Waals surface area contributed by atoms with Crippen LogP contribution in [0.1, 0.15) is 21.6 Å². The molecule has 0 unspecified atom stereocenters. The molecule has 0 aliphatic heterocycles. The van der Waals surface area contributed by atoms with Gasteiger partial charge in [0, 0.05) is 5.39 Å². The molecule has 0 fully saturated rings. The molecule has 26 heavy (non-hydrogen) atoms. The maximum atomic E-state index is 12.1. The van der Waals surface area contributed by atoms with Gasteiger partial charge in [-0.15, -0.1) is 0 Å². The molecule has 3 aromatic rings. The molecule has 0 saturated heterocycles. The molecular weight excluding hydrogens is 330 g/mol. The van der Waals surface area contributed by atoms with Crippen LogP contribution >= 0.6 is 0 Å². The fraction of sp³-hybridized carbons (Fsp3) is 0.150. The van der Waals surface area contributed by atoms with E-state index in [1.165, 1.54) is 0 Å². The molecule has 0 bridgehead atoms. The van der Waals surface area contributed by atoms with E-state index in [9.17, 15) is 9.59 Å². The number of hydrogen-bond donors (Lipinski definition) is 2. The molecule has 6 nitrogen and oxygen atoms in total. The van der Waals surface area contributed by atoms with Crippen molar-refractivity contribution in [3.63, 3.8) is 0 Å². The van der Waals surface area contributed by atoms with Crippen molar-refractivity contribution in [2.75, 3.05) is 6.61 Å². The van der Waals surface area contributed by atoms with E-state index in [0.717, 1.165) is 16.5 Å². The van der Waals surface area contributed by atoms with Crippen molar-refractivity contribution in [2.45, 2.75) is 13.8 Å². The Morgan fingerprint density at radius 2 is 1.77 bits per heavy atom. The molecule has 0 aliphatic carbocycles. The Morgan fingerprint density at radius 3 is 2.58 bits per heavy atom. The van der Waals surface area contributed by atoms with Gasteiger partial charge in [-0.1, -0.05) is 30.3 Å². The molecule has 0 atom stereocenters. The van der Waals surface area contributed by atoms with Gasteiger partial charge in [0.1, 0.15) is 11.4 Å². The first kappa shape index (κ1) is 17.4. The molecule has 2 amide bonds. The zero-order valence-corrected chi connectivity index (χ0v) is 14.6. The van der Waals surface area contributed by atoms with Crippen LogP contribution in [-0.2, 0) is 4.79 Å². The van der Waals surface area contributed by atoms with E-state index in [1.54, 1.807) is 12.1 Å². The summed E-state index contributed by atoms with van der Waals surface area (Å²) in [6.45, 7) is 3.77. The predicted molar refractivity (Wildman–Crippen MR) is 98.8 cm³/mol. The Labute approximate surface area is 151 Å². The quantitative estimate of drug-likeness (QED) is 0.710. The van der Waals surface area contributed by atoms with Gasteiger partial charge in [0.15, 0.2) is 6.61 Å². The minimum Gasteiger partial charge on any atom is -0.484 e. The number of fused-ring (bicyclic) bond motifs is 1. The summed E-state index contributed by atoms with van der Waals surface area (Å²) in [5.74, 6) is -0.349. The number of benzene rings is 2. The van der Waals surface area contributed by atoms with Gasteiger partial charge in [-0.3, -0.25) is 20.4 Å². The first-order valence-corrected chi connectivity index (χ1v) is 8.18. The van der Waals surface area contributed by atoms with Crippen LogP contribution in [0, 0.1) is 13.8 Å². The summed E-state index contributed by atoms with van der Waals surface area (Å²) in [6, 6.07) is 16.5. The monoisotopic (exact) mass is 349 g/mol. The molecular formula is C20H19N3O3. The Bertz CT molecular complexity index is 969. The highest BCUT2D eigenvalue weighted by Crippen LogP contribution is 2.16. The van der Waals surface area contributed by atoms with Crippen molar-refractivity contribution in [3.8, 4) is 5.75 Å². The second-order valence-corrected chi connectivity index (χ2v) is 5.93. The zero-order valence-electron chi connectivity index (χ0n) is 14.6. The number of hydrogen-bond acceptors (Lipinski definition) is 4. The number of para-hydroxylation sites is 1. The number of aryl methyl sites for hydroxylation is 2. The number of nitrogens with zero attached hydrogens (tertiary/aromatic N) is 1. The van der Waals surface area contributed by atoms with Crippen molar-refractivity contribution < 1.29 is 14.3 Å². The molecule has 3 rings (SSSR count). The third-order valence-corrected chi connectivity index (χ3v) is 3.99. The fourth-order valence-corrected chi connectivity index (χ4v) is 2.37. The molecule has 2 aromatic carbocycles. The number of rotatable bonds is 4. The molecule has 1 aromatic heterocycles. The maximum absolute atomic E-state index is 12.1. The number of ether oxygens (including phenoxy) is 1. The Kier molecular flexibility index (Phi) is 5.12. The molecule has 0 spiro atoms. The summed E-state index contributed by atoms with van der Waals surface area (Å²) in [7, 11) is 0. The van der Waals surface area contributed by atoms with Gasteiger partial charge in [-0.2, -0.15) is 0 Å². The Morgan fingerprint density at radius 1 is 0.962 bits per heavy atom. The fourth-order valence-electron chi connectivity index (χ4n) is 2.37. The minimum atomic E-state index is -0.490. The van der Waals surface area contributed by atoms with Crippen molar-refractivity contribution in [3.05, 3.63) is 71.4 Å². The summed E-state index contributed by atoms with van der Waals surface area (Å²) in [5.41, 5.74) is 7.83. The summed E-state index contributed by atoms with van der Waals surface area (Å²) in [6.07, 6.45) is 0. The van der Waals surface area contributed by atoms with Gasteiger partial charge in [0.25, 0.3) is 11.8 Å². The standard InChI is InChI=1S/C20H19N3O3/c1-13-7-9-16(11-14(13)2)26-12-19(24)22-23-20(25)18-10-8-15-5-3-4-6-17(15)21-18/h3-11H,12H2,1-2H3,(H,22,24)(H,23,25). The van der Waals surface area contributed by atoms with Crippen molar-refractivity contribution in [2.24, 2.45) is 0 Å². The van der Waals surface area contributed by atoms with Crippen LogP contribution < -0.4 is 15.6 Å². The Hall–Kier alpha value is -3.41. The lowest BCUT2D eigenvalue weighted by atomic mass is 10.1. The van der Waals surface area contributed by atoms with Crippen LogP contribution in [0.2, 0.25) is 0 Å². The van der Waals surface area contributed by atoms with E-state index in [0.29, 0.717) is 11.3 Å². The number of hydrazine groups is 1. The van der Waals surface area contributed by atoms with Gasteiger partial charge in [0.2, 0.25) is 0 Å². The van der Waals surface area contributed by atoms with Crippen LogP contribution in [0.25, 0.3) is 10.9 Å². The lowest BCUT2D eigenvalue weighted by molar-refractivity contribution is -0.123. The van der Waals surface area contributed by atoms with E-state index >= 15 is 0 Å². The Balaban J connectivity index is 1.53. The normalized spacial score (nSPS) is 10.4. The van der Waals surface area contributed by atoms with Crippen LogP contribution in [0.3, 0.4) is 0 Å².